The van der Waals surface area contributed by atoms with Crippen molar-refractivity contribution in [2.45, 2.75) is 0 Å². The minimum Gasteiger partial charge on any atom is -0.437 e. The van der Waals surface area contributed by atoms with E-state index in [1.165, 1.54) is 6.33 Å². The van der Waals surface area contributed by atoms with E-state index in [1.54, 1.807) is 36.4 Å². The molecule has 0 aliphatic heterocycles. The number of aromatic nitrogens is 2. The summed E-state index contributed by atoms with van der Waals surface area (Å²) in [4.78, 5) is 20.1. The Morgan fingerprint density at radius 1 is 1.04 bits per heavy atom. The zero-order chi connectivity index (χ0) is 17.6. The van der Waals surface area contributed by atoms with Crippen LogP contribution in [0.25, 0.3) is 0 Å². The van der Waals surface area contributed by atoms with Crippen molar-refractivity contribution in [3.63, 3.8) is 0 Å². The van der Waals surface area contributed by atoms with Crippen LogP contribution in [0, 0.1) is 0 Å². The maximum atomic E-state index is 12.1. The molecule has 3 rings (SSSR count). The van der Waals surface area contributed by atoms with Crippen LogP contribution in [0.4, 0.5) is 11.5 Å². The fourth-order valence-electron chi connectivity index (χ4n) is 1.95. The first kappa shape index (κ1) is 16.7. The number of nitrogens with one attached hydrogen (secondary N) is 2. The van der Waals surface area contributed by atoms with Crippen LogP contribution in [0.5, 0.6) is 11.6 Å². The predicted octanol–water partition coefficient (Wildman–Crippen LogP) is 3.37. The minimum absolute atomic E-state index is 0.183. The van der Waals surface area contributed by atoms with E-state index >= 15 is 0 Å². The summed E-state index contributed by atoms with van der Waals surface area (Å²) < 4.78 is 6.51. The molecule has 1 amide bonds. The van der Waals surface area contributed by atoms with Gasteiger partial charge in [0.1, 0.15) is 17.8 Å². The molecule has 0 unspecified atom stereocenters. The highest BCUT2D eigenvalue weighted by Crippen LogP contribution is 2.28. The molecule has 2 aromatic carbocycles. The zero-order valence-corrected chi connectivity index (χ0v) is 14.5. The van der Waals surface area contributed by atoms with Gasteiger partial charge in [0.25, 0.3) is 5.91 Å². The van der Waals surface area contributed by atoms with E-state index in [-0.39, 0.29) is 23.3 Å². The molecule has 0 bridgehead atoms. The van der Waals surface area contributed by atoms with Gasteiger partial charge in [0, 0.05) is 10.0 Å². The second-order valence-corrected chi connectivity index (χ2v) is 5.86. The highest BCUT2D eigenvalue weighted by molar-refractivity contribution is 9.10. The topological polar surface area (TPSA) is 102 Å². The number of hydrazine groups is 1. The van der Waals surface area contributed by atoms with E-state index < -0.39 is 0 Å². The Hall–Kier alpha value is -3.13. The van der Waals surface area contributed by atoms with Crippen LogP contribution in [-0.2, 0) is 0 Å². The molecule has 126 valence electrons. The molecule has 8 heteroatoms. The Labute approximate surface area is 152 Å². The van der Waals surface area contributed by atoms with Gasteiger partial charge in [-0.3, -0.25) is 15.6 Å². The predicted molar refractivity (Wildman–Crippen MR) is 98.2 cm³/mol. The summed E-state index contributed by atoms with van der Waals surface area (Å²) in [6.45, 7) is 0. The smallest absolute Gasteiger partial charge is 0.269 e. The van der Waals surface area contributed by atoms with E-state index in [1.807, 2.05) is 18.2 Å². The summed E-state index contributed by atoms with van der Waals surface area (Å²) >= 11 is 3.32. The van der Waals surface area contributed by atoms with Gasteiger partial charge in [-0.05, 0) is 36.4 Å². The largest absolute Gasteiger partial charge is 0.437 e. The summed E-state index contributed by atoms with van der Waals surface area (Å²) in [6, 6.07) is 16.0. The van der Waals surface area contributed by atoms with Crippen molar-refractivity contribution in [1.29, 1.82) is 0 Å². The van der Waals surface area contributed by atoms with Crippen LogP contribution >= 0.6 is 15.9 Å². The van der Waals surface area contributed by atoms with Crippen LogP contribution < -0.4 is 21.3 Å². The first-order valence-corrected chi connectivity index (χ1v) is 8.08. The number of nitrogen functional groups attached to an aromatic ring is 1. The number of halogens is 1. The Balaban J connectivity index is 1.69. The molecule has 0 fully saturated rings. The van der Waals surface area contributed by atoms with Gasteiger partial charge < -0.3 is 10.5 Å². The molecule has 0 radical (unpaired) electrons. The average molecular weight is 400 g/mol. The zero-order valence-electron chi connectivity index (χ0n) is 12.9. The van der Waals surface area contributed by atoms with E-state index in [4.69, 9.17) is 10.5 Å². The third-order valence-corrected chi connectivity index (χ3v) is 3.73. The number of nitrogens with two attached hydrogens (primary N) is 1. The maximum absolute atomic E-state index is 12.1. The molecule has 7 nitrogen and oxygen atoms in total. The van der Waals surface area contributed by atoms with E-state index in [9.17, 15) is 4.79 Å². The standard InChI is InChI=1S/C17H14BrN5O2/c18-12-8-6-11(7-9-12)16(24)23-22-15-14(19)17(21-10-20-15)25-13-4-2-1-3-5-13/h1-10H,19H2,(H,23,24)(H,20,21,22). The van der Waals surface area contributed by atoms with Crippen molar-refractivity contribution in [2.75, 3.05) is 11.2 Å². The van der Waals surface area contributed by atoms with Gasteiger partial charge in [0.15, 0.2) is 5.82 Å². The first-order valence-electron chi connectivity index (χ1n) is 7.29. The van der Waals surface area contributed by atoms with E-state index in [2.05, 4.69) is 36.7 Å². The van der Waals surface area contributed by atoms with E-state index in [0.717, 1.165) is 4.47 Å². The lowest BCUT2D eigenvalue weighted by atomic mass is 10.2. The number of nitrogens with zero attached hydrogens (tertiary/aromatic N) is 2. The van der Waals surface area contributed by atoms with Crippen LogP contribution in [0.15, 0.2) is 65.4 Å². The summed E-state index contributed by atoms with van der Waals surface area (Å²) in [5.41, 5.74) is 11.9. The number of rotatable bonds is 5. The lowest BCUT2D eigenvalue weighted by Gasteiger charge is -2.12. The third kappa shape index (κ3) is 4.24. The number of hydrogen-bond acceptors (Lipinski definition) is 6. The molecule has 0 saturated carbocycles. The summed E-state index contributed by atoms with van der Waals surface area (Å²) in [5.74, 6) is 0.710. The molecule has 0 aliphatic rings. The minimum atomic E-state index is -0.323. The van der Waals surface area contributed by atoms with Crippen molar-refractivity contribution in [2.24, 2.45) is 0 Å². The molecule has 0 aliphatic carbocycles. The van der Waals surface area contributed by atoms with Crippen LogP contribution in [0.3, 0.4) is 0 Å². The van der Waals surface area contributed by atoms with Crippen LogP contribution in [-0.4, -0.2) is 15.9 Å². The number of carbonyl (C=O) groups excluding carboxylic acids is 1. The van der Waals surface area contributed by atoms with E-state index in [0.29, 0.717) is 11.3 Å². The summed E-state index contributed by atoms with van der Waals surface area (Å²) in [6.07, 6.45) is 1.29. The van der Waals surface area contributed by atoms with Crippen molar-refractivity contribution in [3.05, 3.63) is 71.0 Å². The van der Waals surface area contributed by atoms with Gasteiger partial charge >= 0.3 is 0 Å². The fraction of sp³-hybridized carbons (Fsp3) is 0. The van der Waals surface area contributed by atoms with Gasteiger partial charge in [-0.25, -0.2) is 4.98 Å². The second kappa shape index (κ2) is 7.63. The van der Waals surface area contributed by atoms with Gasteiger partial charge in [0.05, 0.1) is 0 Å². The van der Waals surface area contributed by atoms with Crippen molar-refractivity contribution in [1.82, 2.24) is 15.4 Å². The maximum Gasteiger partial charge on any atom is 0.269 e. The molecule has 1 heterocycles. The highest BCUT2D eigenvalue weighted by atomic mass is 79.9. The Morgan fingerprint density at radius 3 is 2.48 bits per heavy atom. The van der Waals surface area contributed by atoms with Crippen molar-refractivity contribution < 1.29 is 9.53 Å². The number of benzene rings is 2. The first-order chi connectivity index (χ1) is 12.1. The summed E-state index contributed by atoms with van der Waals surface area (Å²) in [7, 11) is 0. The number of anilines is 2. The molecular weight excluding hydrogens is 386 g/mol. The Kier molecular flexibility index (Phi) is 5.10. The molecule has 3 aromatic rings. The molecule has 0 spiro atoms. The van der Waals surface area contributed by atoms with Crippen LogP contribution in [0.1, 0.15) is 10.4 Å². The highest BCUT2D eigenvalue weighted by Gasteiger charge is 2.12. The molecular formula is C17H14BrN5O2. The SMILES string of the molecule is Nc1c(NNC(=O)c2ccc(Br)cc2)ncnc1Oc1ccccc1. The summed E-state index contributed by atoms with van der Waals surface area (Å²) in [5, 5.41) is 0. The number of para-hydroxylation sites is 1. The van der Waals surface area contributed by atoms with Gasteiger partial charge in [-0.1, -0.05) is 34.1 Å². The quantitative estimate of drug-likeness (QED) is 0.568. The van der Waals surface area contributed by atoms with Crippen molar-refractivity contribution in [3.8, 4) is 11.6 Å². The monoisotopic (exact) mass is 399 g/mol. The molecule has 1 aromatic heterocycles. The number of amides is 1. The second-order valence-electron chi connectivity index (χ2n) is 4.94. The fourth-order valence-corrected chi connectivity index (χ4v) is 2.21. The normalized spacial score (nSPS) is 10.1. The molecule has 25 heavy (non-hydrogen) atoms. The van der Waals surface area contributed by atoms with Gasteiger partial charge in [0.2, 0.25) is 5.88 Å². The van der Waals surface area contributed by atoms with Gasteiger partial charge in [-0.2, -0.15) is 4.98 Å². The van der Waals surface area contributed by atoms with Crippen LogP contribution in [0.2, 0.25) is 0 Å². The van der Waals surface area contributed by atoms with Crippen molar-refractivity contribution >= 4 is 33.3 Å². The molecule has 0 saturated heterocycles. The Bertz CT molecular complexity index is 872. The molecule has 4 N–H and O–H groups in total. The van der Waals surface area contributed by atoms with Gasteiger partial charge in [-0.15, -0.1) is 0 Å². The lowest BCUT2D eigenvalue weighted by Crippen LogP contribution is -2.30. The lowest BCUT2D eigenvalue weighted by molar-refractivity contribution is 0.0962. The number of carbonyl (C=O) groups is 1. The number of ether oxygens (including phenoxy) is 1. The average Bonchev–Trinajstić information content (AvgIpc) is 2.63. The Morgan fingerprint density at radius 2 is 1.76 bits per heavy atom. The molecule has 0 atom stereocenters. The number of hydrogen-bond donors (Lipinski definition) is 3. The third-order valence-electron chi connectivity index (χ3n) is 3.21.